The lowest BCUT2D eigenvalue weighted by molar-refractivity contribution is -0.121. The molecular formula is C30H45N5O5. The number of benzene rings is 1. The minimum absolute atomic E-state index is 0.100. The number of rotatable bonds is 14. The molecule has 220 valence electrons. The fourth-order valence-electron chi connectivity index (χ4n) is 5.82. The molecule has 10 heteroatoms. The predicted molar refractivity (Wildman–Crippen MR) is 154 cm³/mol. The molecule has 10 nitrogen and oxygen atoms in total. The first kappa shape index (κ1) is 29.9. The Bertz CT molecular complexity index is 1090. The number of likely N-dealkylation sites (tertiary alicyclic amines) is 1. The van der Waals surface area contributed by atoms with E-state index in [1.54, 1.807) is 21.3 Å². The van der Waals surface area contributed by atoms with Crippen LogP contribution in [-0.2, 0) is 9.53 Å². The molecule has 0 radical (unpaired) electrons. The predicted octanol–water partition coefficient (Wildman–Crippen LogP) is 3.81. The van der Waals surface area contributed by atoms with Crippen LogP contribution >= 0.6 is 0 Å². The summed E-state index contributed by atoms with van der Waals surface area (Å²) in [6.45, 7) is 3.87. The van der Waals surface area contributed by atoms with Crippen LogP contribution in [0.2, 0.25) is 0 Å². The summed E-state index contributed by atoms with van der Waals surface area (Å²) in [5, 5.41) is 10.9. The highest BCUT2D eigenvalue weighted by Crippen LogP contribution is 2.41. The highest BCUT2D eigenvalue weighted by atomic mass is 16.5. The van der Waals surface area contributed by atoms with Crippen LogP contribution in [0.3, 0.4) is 0 Å². The van der Waals surface area contributed by atoms with Gasteiger partial charge in [0.1, 0.15) is 11.5 Å². The number of hydrogen-bond acceptors (Lipinski definition) is 7. The molecule has 4 rings (SSSR count). The van der Waals surface area contributed by atoms with Gasteiger partial charge in [0.15, 0.2) is 5.69 Å². The van der Waals surface area contributed by atoms with Crippen LogP contribution in [0.4, 0.5) is 0 Å². The van der Waals surface area contributed by atoms with Crippen LogP contribution in [0, 0.1) is 0 Å². The van der Waals surface area contributed by atoms with E-state index < -0.39 is 0 Å². The highest BCUT2D eigenvalue weighted by Gasteiger charge is 2.28. The summed E-state index contributed by atoms with van der Waals surface area (Å²) in [7, 11) is 4.87. The molecule has 0 spiro atoms. The number of piperidine rings is 1. The van der Waals surface area contributed by atoms with E-state index in [4.69, 9.17) is 19.3 Å². The maximum Gasteiger partial charge on any atom is 0.272 e. The van der Waals surface area contributed by atoms with E-state index in [0.717, 1.165) is 56.6 Å². The molecule has 1 saturated heterocycles. The van der Waals surface area contributed by atoms with E-state index in [9.17, 15) is 9.59 Å². The standard InChI is InChI=1S/C30H45N5O5/c1-38-19-15-31-28(36)20-22(14-18-34-16-7-4-8-17-34)32-30(37)24-21-25(35(33-24)23-10-5-6-11-23)29-26(39-2)12-9-13-27(29)40-3/h9,12-13,21-23H,4-8,10-11,14-20H2,1-3H3,(H,31,36)(H,32,37)/t22-/m0/s1. The first-order valence-corrected chi connectivity index (χ1v) is 14.6. The number of carbonyl (C=O) groups is 2. The van der Waals surface area contributed by atoms with Crippen molar-refractivity contribution in [2.24, 2.45) is 0 Å². The number of nitrogens with one attached hydrogen (secondary N) is 2. The summed E-state index contributed by atoms with van der Waals surface area (Å²) in [6, 6.07) is 7.39. The Morgan fingerprint density at radius 3 is 2.38 bits per heavy atom. The number of amides is 2. The van der Waals surface area contributed by atoms with Gasteiger partial charge in [-0.2, -0.15) is 5.10 Å². The van der Waals surface area contributed by atoms with E-state index in [1.165, 1.54) is 19.3 Å². The molecule has 1 aliphatic carbocycles. The fourth-order valence-corrected chi connectivity index (χ4v) is 5.82. The van der Waals surface area contributed by atoms with Crippen LogP contribution < -0.4 is 20.1 Å². The molecule has 40 heavy (non-hydrogen) atoms. The van der Waals surface area contributed by atoms with Crippen molar-refractivity contribution in [3.8, 4) is 22.8 Å². The van der Waals surface area contributed by atoms with Crippen LogP contribution in [0.25, 0.3) is 11.3 Å². The Hall–Kier alpha value is -3.11. The average molecular weight is 556 g/mol. The number of ether oxygens (including phenoxy) is 3. The van der Waals surface area contributed by atoms with Crippen LogP contribution in [-0.4, -0.2) is 86.7 Å². The lowest BCUT2D eigenvalue weighted by atomic mass is 10.1. The van der Waals surface area contributed by atoms with Gasteiger partial charge >= 0.3 is 0 Å². The smallest absolute Gasteiger partial charge is 0.272 e. The Balaban J connectivity index is 1.57. The zero-order valence-corrected chi connectivity index (χ0v) is 24.2. The Kier molecular flexibility index (Phi) is 11.2. The van der Waals surface area contributed by atoms with Crippen molar-refractivity contribution in [2.75, 3.05) is 54.1 Å². The summed E-state index contributed by atoms with van der Waals surface area (Å²) in [6.07, 6.45) is 8.84. The first-order chi connectivity index (χ1) is 19.5. The van der Waals surface area contributed by atoms with Gasteiger partial charge in [-0.25, -0.2) is 0 Å². The molecule has 1 atom stereocenters. The molecule has 2 aliphatic rings. The second-order valence-electron chi connectivity index (χ2n) is 10.7. The topological polar surface area (TPSA) is 107 Å². The fraction of sp³-hybridized carbons (Fsp3) is 0.633. The van der Waals surface area contributed by atoms with Crippen molar-refractivity contribution in [1.29, 1.82) is 0 Å². The third kappa shape index (κ3) is 7.75. The normalized spacial score (nSPS) is 17.0. The van der Waals surface area contributed by atoms with Gasteiger partial charge in [-0.05, 0) is 63.4 Å². The van der Waals surface area contributed by atoms with Crippen molar-refractivity contribution in [3.05, 3.63) is 30.0 Å². The zero-order chi connectivity index (χ0) is 28.3. The molecule has 2 heterocycles. The third-order valence-electron chi connectivity index (χ3n) is 7.96. The summed E-state index contributed by atoms with van der Waals surface area (Å²) in [5.41, 5.74) is 1.91. The van der Waals surface area contributed by atoms with Crippen molar-refractivity contribution in [3.63, 3.8) is 0 Å². The molecule has 2 aromatic rings. The van der Waals surface area contributed by atoms with E-state index in [1.807, 2.05) is 28.9 Å². The van der Waals surface area contributed by atoms with Crippen LogP contribution in [0.1, 0.15) is 74.3 Å². The SMILES string of the molecule is COCCNC(=O)C[C@H](CCN1CCCCC1)NC(=O)c1cc(-c2c(OC)cccc2OC)n(C2CCCC2)n1. The molecule has 2 fully saturated rings. The molecule has 1 saturated carbocycles. The molecule has 0 unspecified atom stereocenters. The van der Waals surface area contributed by atoms with Crippen molar-refractivity contribution >= 4 is 11.8 Å². The lowest BCUT2D eigenvalue weighted by Crippen LogP contribution is -2.42. The van der Waals surface area contributed by atoms with Gasteiger partial charge in [0, 0.05) is 32.7 Å². The van der Waals surface area contributed by atoms with Crippen molar-refractivity contribution < 1.29 is 23.8 Å². The minimum Gasteiger partial charge on any atom is -0.496 e. The van der Waals surface area contributed by atoms with Crippen LogP contribution in [0.5, 0.6) is 11.5 Å². The second-order valence-corrected chi connectivity index (χ2v) is 10.7. The molecule has 0 bridgehead atoms. The van der Waals surface area contributed by atoms with E-state index in [2.05, 4.69) is 15.5 Å². The molecule has 1 aliphatic heterocycles. The van der Waals surface area contributed by atoms with Gasteiger partial charge in [0.2, 0.25) is 5.91 Å². The van der Waals surface area contributed by atoms with Gasteiger partial charge in [-0.15, -0.1) is 0 Å². The van der Waals surface area contributed by atoms with Gasteiger partial charge in [-0.1, -0.05) is 25.3 Å². The summed E-state index contributed by atoms with van der Waals surface area (Å²) in [4.78, 5) is 28.8. The zero-order valence-electron chi connectivity index (χ0n) is 24.2. The minimum atomic E-state index is -0.308. The number of nitrogens with zero attached hydrogens (tertiary/aromatic N) is 3. The number of aromatic nitrogens is 2. The quantitative estimate of drug-likeness (QED) is 0.342. The highest BCUT2D eigenvalue weighted by molar-refractivity contribution is 5.94. The Labute approximate surface area is 237 Å². The van der Waals surface area contributed by atoms with Crippen molar-refractivity contribution in [1.82, 2.24) is 25.3 Å². The van der Waals surface area contributed by atoms with Gasteiger partial charge in [0.05, 0.1) is 38.1 Å². The Morgan fingerprint density at radius 2 is 1.73 bits per heavy atom. The molecule has 2 N–H and O–H groups in total. The molecule has 1 aromatic heterocycles. The maximum absolute atomic E-state index is 13.7. The van der Waals surface area contributed by atoms with E-state index >= 15 is 0 Å². The van der Waals surface area contributed by atoms with Crippen molar-refractivity contribution in [2.45, 2.75) is 69.9 Å². The summed E-state index contributed by atoms with van der Waals surface area (Å²) in [5.74, 6) is 0.951. The van der Waals surface area contributed by atoms with E-state index in [0.29, 0.717) is 36.8 Å². The van der Waals surface area contributed by atoms with Crippen LogP contribution in [0.15, 0.2) is 24.3 Å². The van der Waals surface area contributed by atoms with E-state index in [-0.39, 0.29) is 30.3 Å². The monoisotopic (exact) mass is 555 g/mol. The van der Waals surface area contributed by atoms with Gasteiger partial charge in [-0.3, -0.25) is 14.3 Å². The third-order valence-corrected chi connectivity index (χ3v) is 7.96. The molecular weight excluding hydrogens is 510 g/mol. The second kappa shape index (κ2) is 15.0. The Morgan fingerprint density at radius 1 is 1.02 bits per heavy atom. The van der Waals surface area contributed by atoms with Gasteiger partial charge < -0.3 is 29.7 Å². The average Bonchev–Trinajstić information content (AvgIpc) is 3.66. The number of hydrogen-bond donors (Lipinski definition) is 2. The number of methoxy groups -OCH3 is 3. The number of carbonyl (C=O) groups excluding carboxylic acids is 2. The first-order valence-electron chi connectivity index (χ1n) is 14.6. The molecule has 1 aromatic carbocycles. The summed E-state index contributed by atoms with van der Waals surface area (Å²) >= 11 is 0. The summed E-state index contributed by atoms with van der Waals surface area (Å²) < 4.78 is 18.4. The van der Waals surface area contributed by atoms with Gasteiger partial charge in [0.25, 0.3) is 5.91 Å². The largest absolute Gasteiger partial charge is 0.496 e. The lowest BCUT2D eigenvalue weighted by Gasteiger charge is -2.28. The maximum atomic E-state index is 13.7. The molecule has 2 amide bonds.